The first-order valence-electron chi connectivity index (χ1n) is 7.79. The highest BCUT2D eigenvalue weighted by molar-refractivity contribution is 9.10. The van der Waals surface area contributed by atoms with Crippen LogP contribution in [0.5, 0.6) is 0 Å². The largest absolute Gasteiger partial charge is 0.450 e. The molecular weight excluding hydrogens is 362 g/mol. The maximum absolute atomic E-state index is 12.1. The molecule has 1 saturated heterocycles. The zero-order valence-corrected chi connectivity index (χ0v) is 14.8. The smallest absolute Gasteiger partial charge is 0.409 e. The molecule has 126 valence electrons. The molecule has 0 aliphatic carbocycles. The van der Waals surface area contributed by atoms with Gasteiger partial charge in [0, 0.05) is 37.2 Å². The maximum Gasteiger partial charge on any atom is 0.409 e. The Bertz CT molecular complexity index is 528. The maximum atomic E-state index is 12.1. The Labute approximate surface area is 144 Å². The molecule has 23 heavy (non-hydrogen) atoms. The molecule has 1 aromatic rings. The van der Waals surface area contributed by atoms with Crippen LogP contribution in [0.4, 0.5) is 9.59 Å². The Morgan fingerprint density at radius 2 is 1.74 bits per heavy atom. The molecule has 6 nitrogen and oxygen atoms in total. The van der Waals surface area contributed by atoms with E-state index in [2.05, 4.69) is 21.2 Å². The van der Waals surface area contributed by atoms with E-state index in [0.29, 0.717) is 39.3 Å². The molecule has 7 heteroatoms. The second-order valence-electron chi connectivity index (χ2n) is 5.28. The minimum Gasteiger partial charge on any atom is -0.450 e. The normalized spacial score (nSPS) is 14.5. The van der Waals surface area contributed by atoms with Gasteiger partial charge in [0.25, 0.3) is 0 Å². The third-order valence-electron chi connectivity index (χ3n) is 3.70. The third-order valence-corrected chi connectivity index (χ3v) is 4.22. The summed E-state index contributed by atoms with van der Waals surface area (Å²) in [5.41, 5.74) is 1.18. The van der Waals surface area contributed by atoms with E-state index in [9.17, 15) is 9.59 Å². The summed E-state index contributed by atoms with van der Waals surface area (Å²) in [6.45, 7) is 4.84. The van der Waals surface area contributed by atoms with Gasteiger partial charge >= 0.3 is 12.1 Å². The number of hydrogen-bond acceptors (Lipinski definition) is 3. The Kier molecular flexibility index (Phi) is 6.70. The van der Waals surface area contributed by atoms with Gasteiger partial charge < -0.3 is 19.9 Å². The topological polar surface area (TPSA) is 61.9 Å². The van der Waals surface area contributed by atoms with E-state index in [1.54, 1.807) is 16.7 Å². The van der Waals surface area contributed by atoms with Crippen molar-refractivity contribution in [1.82, 2.24) is 15.1 Å². The van der Waals surface area contributed by atoms with Crippen LogP contribution in [0.2, 0.25) is 0 Å². The number of benzene rings is 1. The first-order valence-corrected chi connectivity index (χ1v) is 8.58. The molecule has 0 bridgehead atoms. The molecule has 0 atom stereocenters. The number of piperazine rings is 1. The summed E-state index contributed by atoms with van der Waals surface area (Å²) >= 11 is 3.40. The lowest BCUT2D eigenvalue weighted by atomic mass is 10.1. The van der Waals surface area contributed by atoms with Crippen LogP contribution in [0, 0.1) is 0 Å². The van der Waals surface area contributed by atoms with Crippen LogP contribution in [0.1, 0.15) is 12.5 Å². The third kappa shape index (κ3) is 5.42. The summed E-state index contributed by atoms with van der Waals surface area (Å²) in [4.78, 5) is 27.1. The highest BCUT2D eigenvalue weighted by Crippen LogP contribution is 2.10. The number of nitrogens with one attached hydrogen (secondary N) is 1. The summed E-state index contributed by atoms with van der Waals surface area (Å²) in [6.07, 6.45) is 0.490. The fourth-order valence-electron chi connectivity index (χ4n) is 2.38. The van der Waals surface area contributed by atoms with Crippen molar-refractivity contribution >= 4 is 28.1 Å². The number of hydrogen-bond donors (Lipinski definition) is 1. The Morgan fingerprint density at radius 1 is 1.13 bits per heavy atom. The number of urea groups is 1. The monoisotopic (exact) mass is 383 g/mol. The first-order chi connectivity index (χ1) is 11.1. The molecule has 1 fully saturated rings. The number of ether oxygens (including phenoxy) is 1. The van der Waals surface area contributed by atoms with Crippen molar-refractivity contribution < 1.29 is 14.3 Å². The Morgan fingerprint density at radius 3 is 2.35 bits per heavy atom. The molecule has 3 amide bonds. The van der Waals surface area contributed by atoms with Crippen molar-refractivity contribution in [2.45, 2.75) is 13.3 Å². The summed E-state index contributed by atoms with van der Waals surface area (Å²) in [5, 5.41) is 2.93. The summed E-state index contributed by atoms with van der Waals surface area (Å²) in [6, 6.07) is 7.98. The van der Waals surface area contributed by atoms with Crippen LogP contribution < -0.4 is 5.32 Å². The molecule has 1 aliphatic heterocycles. The van der Waals surface area contributed by atoms with E-state index in [1.807, 2.05) is 24.3 Å². The second-order valence-corrected chi connectivity index (χ2v) is 6.20. The Balaban J connectivity index is 1.68. The van der Waals surface area contributed by atoms with Crippen LogP contribution in [-0.4, -0.2) is 61.3 Å². The number of carbonyl (C=O) groups is 2. The van der Waals surface area contributed by atoms with E-state index in [0.717, 1.165) is 10.9 Å². The predicted molar refractivity (Wildman–Crippen MR) is 91.4 cm³/mol. The van der Waals surface area contributed by atoms with Crippen LogP contribution in [-0.2, 0) is 11.2 Å². The molecule has 0 radical (unpaired) electrons. The highest BCUT2D eigenvalue weighted by atomic mass is 79.9. The number of carbonyl (C=O) groups excluding carboxylic acids is 2. The van der Waals surface area contributed by atoms with Gasteiger partial charge in [0.05, 0.1) is 6.61 Å². The molecular formula is C16H22BrN3O3. The van der Waals surface area contributed by atoms with E-state index >= 15 is 0 Å². The van der Waals surface area contributed by atoms with Crippen LogP contribution >= 0.6 is 15.9 Å². The van der Waals surface area contributed by atoms with Gasteiger partial charge in [0.2, 0.25) is 0 Å². The minimum absolute atomic E-state index is 0.0781. The summed E-state index contributed by atoms with van der Waals surface area (Å²) in [7, 11) is 0. The predicted octanol–water partition coefficient (Wildman–Crippen LogP) is 2.48. The average molecular weight is 384 g/mol. The molecule has 1 aliphatic rings. The quantitative estimate of drug-likeness (QED) is 0.868. The lowest BCUT2D eigenvalue weighted by Gasteiger charge is -2.34. The second kappa shape index (κ2) is 8.76. The van der Waals surface area contributed by atoms with Gasteiger partial charge in [-0.3, -0.25) is 0 Å². The standard InChI is InChI=1S/C16H22BrN3O3/c1-2-23-16(22)20-11-9-19(10-12-20)15(21)18-8-7-13-3-5-14(17)6-4-13/h3-6H,2,7-12H2,1H3,(H,18,21). The minimum atomic E-state index is -0.303. The molecule has 1 aromatic carbocycles. The highest BCUT2D eigenvalue weighted by Gasteiger charge is 2.24. The van der Waals surface area contributed by atoms with Crippen molar-refractivity contribution in [2.75, 3.05) is 39.3 Å². The van der Waals surface area contributed by atoms with E-state index in [1.165, 1.54) is 5.56 Å². The van der Waals surface area contributed by atoms with Crippen molar-refractivity contribution in [3.8, 4) is 0 Å². The summed E-state index contributed by atoms with van der Waals surface area (Å²) in [5.74, 6) is 0. The summed E-state index contributed by atoms with van der Waals surface area (Å²) < 4.78 is 6.01. The SMILES string of the molecule is CCOC(=O)N1CCN(C(=O)NCCc2ccc(Br)cc2)CC1. The van der Waals surface area contributed by atoms with E-state index < -0.39 is 0 Å². The van der Waals surface area contributed by atoms with E-state index in [4.69, 9.17) is 4.74 Å². The van der Waals surface area contributed by atoms with Gasteiger partial charge in [-0.25, -0.2) is 9.59 Å². The van der Waals surface area contributed by atoms with Gasteiger partial charge in [0.1, 0.15) is 0 Å². The van der Waals surface area contributed by atoms with Gasteiger partial charge in [-0.05, 0) is 31.0 Å². The van der Waals surface area contributed by atoms with Crippen molar-refractivity contribution in [3.63, 3.8) is 0 Å². The Hall–Kier alpha value is -1.76. The number of rotatable bonds is 4. The lowest BCUT2D eigenvalue weighted by molar-refractivity contribution is 0.0852. The molecule has 1 heterocycles. The fourth-order valence-corrected chi connectivity index (χ4v) is 2.65. The van der Waals surface area contributed by atoms with Crippen molar-refractivity contribution in [2.24, 2.45) is 0 Å². The van der Waals surface area contributed by atoms with Crippen LogP contribution in [0.3, 0.4) is 0 Å². The van der Waals surface area contributed by atoms with E-state index in [-0.39, 0.29) is 12.1 Å². The molecule has 0 aromatic heterocycles. The van der Waals surface area contributed by atoms with Gasteiger partial charge in [-0.15, -0.1) is 0 Å². The van der Waals surface area contributed by atoms with Crippen LogP contribution in [0.15, 0.2) is 28.7 Å². The molecule has 1 N–H and O–H groups in total. The lowest BCUT2D eigenvalue weighted by Crippen LogP contribution is -2.53. The van der Waals surface area contributed by atoms with Gasteiger partial charge in [0.15, 0.2) is 0 Å². The van der Waals surface area contributed by atoms with Gasteiger partial charge in [-0.1, -0.05) is 28.1 Å². The number of amides is 3. The molecule has 0 spiro atoms. The average Bonchev–Trinajstić information content (AvgIpc) is 2.57. The molecule has 0 saturated carbocycles. The van der Waals surface area contributed by atoms with Crippen molar-refractivity contribution in [1.29, 1.82) is 0 Å². The zero-order chi connectivity index (χ0) is 16.7. The van der Waals surface area contributed by atoms with Gasteiger partial charge in [-0.2, -0.15) is 0 Å². The fraction of sp³-hybridized carbons (Fsp3) is 0.500. The van der Waals surface area contributed by atoms with Crippen molar-refractivity contribution in [3.05, 3.63) is 34.3 Å². The van der Waals surface area contributed by atoms with Crippen LogP contribution in [0.25, 0.3) is 0 Å². The molecule has 0 unspecified atom stereocenters. The molecule has 2 rings (SSSR count). The zero-order valence-electron chi connectivity index (χ0n) is 13.3. The number of nitrogens with zero attached hydrogens (tertiary/aromatic N) is 2. The number of halogens is 1. The first kappa shape index (κ1) is 17.6.